The molecule has 0 spiro atoms. The van der Waals surface area contributed by atoms with Crippen LogP contribution in [-0.2, 0) is 11.3 Å². The number of rotatable bonds is 6. The van der Waals surface area contributed by atoms with Gasteiger partial charge in [0.2, 0.25) is 0 Å². The maximum atomic E-state index is 5.53. The minimum absolute atomic E-state index is 0.367. The van der Waals surface area contributed by atoms with Crippen molar-refractivity contribution in [2.75, 3.05) is 6.61 Å². The van der Waals surface area contributed by atoms with E-state index in [1.807, 2.05) is 11.6 Å². The Morgan fingerprint density at radius 2 is 2.29 bits per heavy atom. The third-order valence-electron chi connectivity index (χ3n) is 3.18. The summed E-state index contributed by atoms with van der Waals surface area (Å²) in [6.07, 6.45) is 4.31. The number of ether oxygens (including phenoxy) is 1. The van der Waals surface area contributed by atoms with Crippen LogP contribution in [0, 0.1) is 0 Å². The molecule has 0 saturated heterocycles. The van der Waals surface area contributed by atoms with E-state index in [1.54, 1.807) is 6.33 Å². The van der Waals surface area contributed by atoms with E-state index < -0.39 is 0 Å². The van der Waals surface area contributed by atoms with Gasteiger partial charge >= 0.3 is 0 Å². The van der Waals surface area contributed by atoms with Gasteiger partial charge < -0.3 is 10.1 Å². The molecule has 96 valence electrons. The highest BCUT2D eigenvalue weighted by atomic mass is 16.5. The number of hydrogen-bond acceptors (Lipinski definition) is 4. The van der Waals surface area contributed by atoms with Crippen LogP contribution in [0.25, 0.3) is 0 Å². The summed E-state index contributed by atoms with van der Waals surface area (Å²) < 4.78 is 7.50. The number of nitrogens with zero attached hydrogens (tertiary/aromatic N) is 3. The molecule has 0 atom stereocenters. The van der Waals surface area contributed by atoms with Gasteiger partial charge in [0.1, 0.15) is 12.2 Å². The van der Waals surface area contributed by atoms with E-state index in [9.17, 15) is 0 Å². The van der Waals surface area contributed by atoms with Crippen LogP contribution in [0.4, 0.5) is 0 Å². The van der Waals surface area contributed by atoms with E-state index in [-0.39, 0.29) is 0 Å². The molecule has 0 amide bonds. The summed E-state index contributed by atoms with van der Waals surface area (Å²) in [6.45, 7) is 7.89. The average molecular weight is 238 g/mol. The quantitative estimate of drug-likeness (QED) is 0.816. The summed E-state index contributed by atoms with van der Waals surface area (Å²) in [7, 11) is 0. The van der Waals surface area contributed by atoms with E-state index in [4.69, 9.17) is 4.74 Å². The van der Waals surface area contributed by atoms with Crippen LogP contribution in [-0.4, -0.2) is 33.5 Å². The molecular weight excluding hydrogens is 216 g/mol. The molecule has 17 heavy (non-hydrogen) atoms. The van der Waals surface area contributed by atoms with Crippen LogP contribution in [0.15, 0.2) is 6.33 Å². The van der Waals surface area contributed by atoms with Crippen LogP contribution < -0.4 is 5.32 Å². The largest absolute Gasteiger partial charge is 0.378 e. The van der Waals surface area contributed by atoms with Crippen molar-refractivity contribution in [2.45, 2.75) is 58.3 Å². The summed E-state index contributed by atoms with van der Waals surface area (Å²) >= 11 is 0. The molecule has 0 radical (unpaired) electrons. The standard InChI is InChI=1S/C12H22N4O/c1-4-17-11-5-10(6-11)13-7-12-14-8-15-16(12)9(2)3/h8-11,13H,4-7H2,1-3H3. The molecule has 1 aliphatic rings. The normalized spacial score (nSPS) is 24.0. The molecule has 5 nitrogen and oxygen atoms in total. The second kappa shape index (κ2) is 5.60. The topological polar surface area (TPSA) is 52.0 Å². The van der Waals surface area contributed by atoms with Crippen molar-refractivity contribution in [3.05, 3.63) is 12.2 Å². The fraction of sp³-hybridized carbons (Fsp3) is 0.833. The molecule has 0 aromatic carbocycles. The van der Waals surface area contributed by atoms with Crippen molar-refractivity contribution in [1.82, 2.24) is 20.1 Å². The summed E-state index contributed by atoms with van der Waals surface area (Å²) in [5, 5.41) is 7.72. The molecule has 1 aromatic heterocycles. The lowest BCUT2D eigenvalue weighted by molar-refractivity contribution is -0.0104. The zero-order chi connectivity index (χ0) is 12.3. The van der Waals surface area contributed by atoms with Crippen LogP contribution in [0.1, 0.15) is 45.5 Å². The fourth-order valence-electron chi connectivity index (χ4n) is 2.17. The molecule has 1 aromatic rings. The summed E-state index contributed by atoms with van der Waals surface area (Å²) in [4.78, 5) is 4.28. The second-order valence-electron chi connectivity index (χ2n) is 4.84. The smallest absolute Gasteiger partial charge is 0.141 e. The number of nitrogens with one attached hydrogen (secondary N) is 1. The van der Waals surface area contributed by atoms with Crippen molar-refractivity contribution >= 4 is 0 Å². The predicted molar refractivity (Wildman–Crippen MR) is 65.7 cm³/mol. The fourth-order valence-corrected chi connectivity index (χ4v) is 2.17. The van der Waals surface area contributed by atoms with E-state index >= 15 is 0 Å². The van der Waals surface area contributed by atoms with Gasteiger partial charge in [-0.25, -0.2) is 9.67 Å². The van der Waals surface area contributed by atoms with Crippen LogP contribution in [0.2, 0.25) is 0 Å². The highest BCUT2D eigenvalue weighted by molar-refractivity contribution is 4.91. The van der Waals surface area contributed by atoms with Crippen molar-refractivity contribution in [1.29, 1.82) is 0 Å². The second-order valence-corrected chi connectivity index (χ2v) is 4.84. The zero-order valence-corrected chi connectivity index (χ0v) is 10.9. The Labute approximate surface area is 103 Å². The van der Waals surface area contributed by atoms with E-state index in [0.717, 1.165) is 31.8 Å². The Balaban J connectivity index is 1.74. The highest BCUT2D eigenvalue weighted by Crippen LogP contribution is 2.23. The van der Waals surface area contributed by atoms with Crippen molar-refractivity contribution in [3.8, 4) is 0 Å². The minimum atomic E-state index is 0.367. The monoisotopic (exact) mass is 238 g/mol. The van der Waals surface area contributed by atoms with Crippen molar-refractivity contribution < 1.29 is 4.74 Å². The average Bonchev–Trinajstić information content (AvgIpc) is 2.69. The zero-order valence-electron chi connectivity index (χ0n) is 10.9. The lowest BCUT2D eigenvalue weighted by Crippen LogP contribution is -2.45. The van der Waals surface area contributed by atoms with Gasteiger partial charge in [0.15, 0.2) is 0 Å². The van der Waals surface area contributed by atoms with E-state index in [2.05, 4.69) is 29.2 Å². The van der Waals surface area contributed by atoms with Gasteiger partial charge in [-0.3, -0.25) is 0 Å². The molecule has 1 fully saturated rings. The summed E-state index contributed by atoms with van der Waals surface area (Å²) in [5.41, 5.74) is 0. The molecule has 0 bridgehead atoms. The van der Waals surface area contributed by atoms with Crippen LogP contribution >= 0.6 is 0 Å². The van der Waals surface area contributed by atoms with Gasteiger partial charge in [-0.1, -0.05) is 0 Å². The first kappa shape index (κ1) is 12.5. The Morgan fingerprint density at radius 1 is 1.53 bits per heavy atom. The Morgan fingerprint density at radius 3 is 2.94 bits per heavy atom. The summed E-state index contributed by atoms with van der Waals surface area (Å²) in [6, 6.07) is 0.940. The third-order valence-corrected chi connectivity index (χ3v) is 3.18. The SMILES string of the molecule is CCOC1CC(NCc2ncnn2C(C)C)C1. The first-order valence-electron chi connectivity index (χ1n) is 6.44. The van der Waals surface area contributed by atoms with Gasteiger partial charge in [-0.15, -0.1) is 0 Å². The summed E-state index contributed by atoms with van der Waals surface area (Å²) in [5.74, 6) is 1.01. The first-order valence-corrected chi connectivity index (χ1v) is 6.44. The van der Waals surface area contributed by atoms with Gasteiger partial charge in [0, 0.05) is 18.7 Å². The molecular formula is C12H22N4O. The van der Waals surface area contributed by atoms with E-state index in [1.165, 1.54) is 0 Å². The van der Waals surface area contributed by atoms with Crippen molar-refractivity contribution in [2.24, 2.45) is 0 Å². The van der Waals surface area contributed by atoms with Gasteiger partial charge in [0.25, 0.3) is 0 Å². The lowest BCUT2D eigenvalue weighted by atomic mass is 9.89. The van der Waals surface area contributed by atoms with E-state index in [0.29, 0.717) is 18.2 Å². The van der Waals surface area contributed by atoms with Gasteiger partial charge in [-0.05, 0) is 33.6 Å². The predicted octanol–water partition coefficient (Wildman–Crippen LogP) is 1.52. The molecule has 1 N–H and O–H groups in total. The maximum Gasteiger partial charge on any atom is 0.141 e. The highest BCUT2D eigenvalue weighted by Gasteiger charge is 2.29. The van der Waals surface area contributed by atoms with Crippen molar-refractivity contribution in [3.63, 3.8) is 0 Å². The van der Waals surface area contributed by atoms with Gasteiger partial charge in [0.05, 0.1) is 12.6 Å². The van der Waals surface area contributed by atoms with Crippen LogP contribution in [0.3, 0.4) is 0 Å². The first-order chi connectivity index (χ1) is 8.20. The molecule has 1 heterocycles. The lowest BCUT2D eigenvalue weighted by Gasteiger charge is -2.35. The Hall–Kier alpha value is -0.940. The van der Waals surface area contributed by atoms with Crippen LogP contribution in [0.5, 0.6) is 0 Å². The molecule has 2 rings (SSSR count). The van der Waals surface area contributed by atoms with Gasteiger partial charge in [-0.2, -0.15) is 5.10 Å². The Kier molecular flexibility index (Phi) is 4.12. The maximum absolute atomic E-state index is 5.53. The molecule has 1 saturated carbocycles. The molecule has 5 heteroatoms. The minimum Gasteiger partial charge on any atom is -0.378 e. The number of hydrogen-bond donors (Lipinski definition) is 1. The number of aromatic nitrogens is 3. The molecule has 0 aliphatic heterocycles. The third kappa shape index (κ3) is 3.04. The molecule has 1 aliphatic carbocycles. The molecule has 0 unspecified atom stereocenters. The Bertz CT molecular complexity index is 344.